The fourth-order valence-corrected chi connectivity index (χ4v) is 2.21. The van der Waals surface area contributed by atoms with Crippen molar-refractivity contribution < 1.29 is 0 Å². The van der Waals surface area contributed by atoms with Crippen LogP contribution in [0.15, 0.2) is 11.1 Å². The number of rotatable bonds is 6. The minimum atomic E-state index is 0.837. The largest absolute Gasteiger partial charge is 0.311 e. The molecule has 0 aromatic rings. The summed E-state index contributed by atoms with van der Waals surface area (Å²) in [6.07, 6.45) is 5.62. The van der Waals surface area contributed by atoms with Gasteiger partial charge in [0.1, 0.15) is 0 Å². The molecular formula is C11H21BrN2. The van der Waals surface area contributed by atoms with Gasteiger partial charge in [0.15, 0.2) is 0 Å². The van der Waals surface area contributed by atoms with Gasteiger partial charge in [-0.1, -0.05) is 35.4 Å². The Labute approximate surface area is 95.9 Å². The predicted octanol–water partition coefficient (Wildman–Crippen LogP) is 2.36. The summed E-state index contributed by atoms with van der Waals surface area (Å²) in [6.45, 7) is 6.86. The second-order valence-electron chi connectivity index (χ2n) is 4.11. The molecule has 0 saturated heterocycles. The smallest absolute Gasteiger partial charge is 0.0266 e. The molecule has 3 heteroatoms. The molecule has 1 aliphatic rings. The molecule has 0 aromatic carbocycles. The first kappa shape index (κ1) is 12.2. The molecule has 14 heavy (non-hydrogen) atoms. The standard InChI is InChI=1S/C11H21BrN2/c1-10(12)9-13-7-8-14(2)11-5-3-4-6-11/h11,13H,1,3-9H2,2H3. The Kier molecular flexibility index (Phi) is 5.75. The fourth-order valence-electron chi connectivity index (χ4n) is 2.01. The third kappa shape index (κ3) is 4.58. The van der Waals surface area contributed by atoms with Crippen molar-refractivity contribution in [1.29, 1.82) is 0 Å². The van der Waals surface area contributed by atoms with Crippen molar-refractivity contribution in [3.8, 4) is 0 Å². The van der Waals surface area contributed by atoms with E-state index in [0.29, 0.717) is 0 Å². The lowest BCUT2D eigenvalue weighted by Gasteiger charge is -2.23. The van der Waals surface area contributed by atoms with E-state index in [0.717, 1.165) is 30.2 Å². The van der Waals surface area contributed by atoms with Crippen molar-refractivity contribution in [1.82, 2.24) is 10.2 Å². The van der Waals surface area contributed by atoms with Crippen LogP contribution in [0.1, 0.15) is 25.7 Å². The Morgan fingerprint density at radius 3 is 2.71 bits per heavy atom. The maximum absolute atomic E-state index is 3.79. The number of hydrogen-bond donors (Lipinski definition) is 1. The van der Waals surface area contributed by atoms with Crippen LogP contribution in [0.4, 0.5) is 0 Å². The Morgan fingerprint density at radius 2 is 2.14 bits per heavy atom. The molecule has 0 atom stereocenters. The van der Waals surface area contributed by atoms with Gasteiger partial charge in [0.25, 0.3) is 0 Å². The van der Waals surface area contributed by atoms with Gasteiger partial charge in [-0.05, 0) is 19.9 Å². The van der Waals surface area contributed by atoms with E-state index in [-0.39, 0.29) is 0 Å². The zero-order valence-electron chi connectivity index (χ0n) is 9.06. The van der Waals surface area contributed by atoms with Crippen LogP contribution in [0, 0.1) is 0 Å². The van der Waals surface area contributed by atoms with Gasteiger partial charge < -0.3 is 10.2 Å². The summed E-state index contributed by atoms with van der Waals surface area (Å²) in [6, 6.07) is 0.837. The van der Waals surface area contributed by atoms with E-state index < -0.39 is 0 Å². The summed E-state index contributed by atoms with van der Waals surface area (Å²) in [5.41, 5.74) is 0. The SMILES string of the molecule is C=C(Br)CNCCN(C)C1CCCC1. The first-order chi connectivity index (χ1) is 6.70. The fraction of sp³-hybridized carbons (Fsp3) is 0.818. The minimum Gasteiger partial charge on any atom is -0.311 e. The van der Waals surface area contributed by atoms with Crippen LogP contribution in [0.2, 0.25) is 0 Å². The molecule has 1 fully saturated rings. The van der Waals surface area contributed by atoms with Crippen molar-refractivity contribution in [3.63, 3.8) is 0 Å². The second-order valence-corrected chi connectivity index (χ2v) is 5.23. The van der Waals surface area contributed by atoms with Gasteiger partial charge in [-0.25, -0.2) is 0 Å². The van der Waals surface area contributed by atoms with Crippen LogP contribution in [-0.2, 0) is 0 Å². The van der Waals surface area contributed by atoms with Crippen LogP contribution in [0.25, 0.3) is 0 Å². The molecular weight excluding hydrogens is 240 g/mol. The number of nitrogens with zero attached hydrogens (tertiary/aromatic N) is 1. The van der Waals surface area contributed by atoms with Crippen LogP contribution >= 0.6 is 15.9 Å². The topological polar surface area (TPSA) is 15.3 Å². The average Bonchev–Trinajstić information content (AvgIpc) is 2.64. The third-order valence-corrected chi connectivity index (χ3v) is 3.19. The zero-order chi connectivity index (χ0) is 10.4. The molecule has 0 bridgehead atoms. The number of likely N-dealkylation sites (N-methyl/N-ethyl adjacent to an activating group) is 1. The van der Waals surface area contributed by atoms with Crippen LogP contribution in [-0.4, -0.2) is 37.6 Å². The van der Waals surface area contributed by atoms with Crippen molar-refractivity contribution in [2.75, 3.05) is 26.7 Å². The Bertz CT molecular complexity index is 176. The lowest BCUT2D eigenvalue weighted by atomic mass is 10.2. The van der Waals surface area contributed by atoms with Crippen molar-refractivity contribution in [2.45, 2.75) is 31.7 Å². The van der Waals surface area contributed by atoms with Gasteiger partial charge in [0.05, 0.1) is 0 Å². The maximum Gasteiger partial charge on any atom is 0.0266 e. The highest BCUT2D eigenvalue weighted by atomic mass is 79.9. The van der Waals surface area contributed by atoms with Gasteiger partial charge in [-0.2, -0.15) is 0 Å². The van der Waals surface area contributed by atoms with Crippen molar-refractivity contribution in [3.05, 3.63) is 11.1 Å². The molecule has 1 rings (SSSR count). The van der Waals surface area contributed by atoms with Gasteiger partial charge >= 0.3 is 0 Å². The predicted molar refractivity (Wildman–Crippen MR) is 65.8 cm³/mol. The summed E-state index contributed by atoms with van der Waals surface area (Å²) >= 11 is 3.34. The normalized spacial score (nSPS) is 17.9. The van der Waals surface area contributed by atoms with E-state index in [1.807, 2.05) is 0 Å². The third-order valence-electron chi connectivity index (χ3n) is 2.91. The molecule has 1 N–H and O–H groups in total. The molecule has 0 aromatic heterocycles. The molecule has 1 saturated carbocycles. The lowest BCUT2D eigenvalue weighted by Crippen LogP contribution is -2.35. The van der Waals surface area contributed by atoms with Crippen LogP contribution in [0.5, 0.6) is 0 Å². The van der Waals surface area contributed by atoms with Gasteiger partial charge in [0.2, 0.25) is 0 Å². The molecule has 0 heterocycles. The van der Waals surface area contributed by atoms with Gasteiger partial charge in [-0.15, -0.1) is 0 Å². The van der Waals surface area contributed by atoms with Crippen molar-refractivity contribution >= 4 is 15.9 Å². The highest BCUT2D eigenvalue weighted by Crippen LogP contribution is 2.21. The molecule has 0 aliphatic heterocycles. The zero-order valence-corrected chi connectivity index (χ0v) is 10.6. The Hall–Kier alpha value is 0.140. The molecule has 0 unspecified atom stereocenters. The van der Waals surface area contributed by atoms with Crippen molar-refractivity contribution in [2.24, 2.45) is 0 Å². The average molecular weight is 261 g/mol. The van der Waals surface area contributed by atoms with E-state index >= 15 is 0 Å². The number of hydrogen-bond acceptors (Lipinski definition) is 2. The first-order valence-electron chi connectivity index (χ1n) is 5.44. The van der Waals surface area contributed by atoms with Gasteiger partial charge in [0, 0.05) is 30.2 Å². The monoisotopic (exact) mass is 260 g/mol. The Balaban J connectivity index is 2.02. The number of nitrogens with one attached hydrogen (secondary N) is 1. The highest BCUT2D eigenvalue weighted by molar-refractivity contribution is 9.11. The quantitative estimate of drug-likeness (QED) is 0.738. The van der Waals surface area contributed by atoms with E-state index in [1.165, 1.54) is 25.7 Å². The first-order valence-corrected chi connectivity index (χ1v) is 6.23. The van der Waals surface area contributed by atoms with E-state index in [1.54, 1.807) is 0 Å². The summed E-state index contributed by atoms with van der Waals surface area (Å²) in [5, 5.41) is 3.35. The van der Waals surface area contributed by atoms with Crippen LogP contribution < -0.4 is 5.32 Å². The Morgan fingerprint density at radius 1 is 1.50 bits per heavy atom. The summed E-state index contributed by atoms with van der Waals surface area (Å²) < 4.78 is 1.03. The minimum absolute atomic E-state index is 0.837. The van der Waals surface area contributed by atoms with Gasteiger partial charge in [-0.3, -0.25) is 0 Å². The summed E-state index contributed by atoms with van der Waals surface area (Å²) in [7, 11) is 2.24. The van der Waals surface area contributed by atoms with Crippen LogP contribution in [0.3, 0.4) is 0 Å². The summed E-state index contributed by atoms with van der Waals surface area (Å²) in [4.78, 5) is 2.48. The van der Waals surface area contributed by atoms with E-state index in [4.69, 9.17) is 0 Å². The molecule has 0 radical (unpaired) electrons. The molecule has 0 spiro atoms. The molecule has 2 nitrogen and oxygen atoms in total. The molecule has 82 valence electrons. The highest BCUT2D eigenvalue weighted by Gasteiger charge is 2.18. The maximum atomic E-state index is 3.79. The molecule has 0 amide bonds. The second kappa shape index (κ2) is 6.59. The number of halogens is 1. The van der Waals surface area contributed by atoms with E-state index in [2.05, 4.69) is 39.8 Å². The molecule has 1 aliphatic carbocycles. The lowest BCUT2D eigenvalue weighted by molar-refractivity contribution is 0.246. The summed E-state index contributed by atoms with van der Waals surface area (Å²) in [5.74, 6) is 0. The van der Waals surface area contributed by atoms with E-state index in [9.17, 15) is 0 Å².